The van der Waals surface area contributed by atoms with Crippen molar-refractivity contribution >= 4 is 5.84 Å². The van der Waals surface area contributed by atoms with Gasteiger partial charge in [-0.25, -0.2) is 0 Å². The minimum Gasteiger partial charge on any atom is -0.409 e. The Bertz CT molecular complexity index is 391. The number of hydrogen-bond acceptors (Lipinski definition) is 4. The molecule has 0 amide bonds. The quantitative estimate of drug-likeness (QED) is 0.257. The van der Waals surface area contributed by atoms with E-state index >= 15 is 0 Å². The van der Waals surface area contributed by atoms with Crippen LogP contribution in [0, 0.1) is 6.92 Å². The lowest BCUT2D eigenvalue weighted by atomic mass is 10.1. The molecule has 5 nitrogen and oxygen atoms in total. The molecular weight excluding hydrogens is 220 g/mol. The van der Waals surface area contributed by atoms with Crippen LogP contribution in [0.25, 0.3) is 0 Å². The molecule has 0 saturated carbocycles. The highest BCUT2D eigenvalue weighted by atomic mass is 16.5. The Morgan fingerprint density at radius 3 is 2.76 bits per heavy atom. The number of hydrogen-bond donors (Lipinski definition) is 2. The summed E-state index contributed by atoms with van der Waals surface area (Å²) in [5, 5.41) is 11.5. The van der Waals surface area contributed by atoms with Gasteiger partial charge in [0.25, 0.3) is 0 Å². The van der Waals surface area contributed by atoms with Crippen LogP contribution < -0.4 is 5.73 Å². The average Bonchev–Trinajstić information content (AvgIpc) is 2.35. The number of aryl methyl sites for hydroxylation is 1. The van der Waals surface area contributed by atoms with Gasteiger partial charge >= 0.3 is 0 Å². The van der Waals surface area contributed by atoms with Gasteiger partial charge in [0, 0.05) is 12.7 Å². The smallest absolute Gasteiger partial charge is 0.170 e. The Balaban J connectivity index is 2.63. The van der Waals surface area contributed by atoms with Gasteiger partial charge in [0.2, 0.25) is 0 Å². The monoisotopic (exact) mass is 238 g/mol. The second-order valence-electron chi connectivity index (χ2n) is 3.67. The maximum absolute atomic E-state index is 8.57. The molecular formula is C12H18N2O3. The minimum atomic E-state index is 0.111. The van der Waals surface area contributed by atoms with Crippen LogP contribution in [0.4, 0.5) is 0 Å². The zero-order valence-corrected chi connectivity index (χ0v) is 10.1. The number of nitrogens with two attached hydrogens (primary N) is 1. The zero-order valence-electron chi connectivity index (χ0n) is 10.1. The van der Waals surface area contributed by atoms with E-state index in [1.807, 2.05) is 19.1 Å². The Morgan fingerprint density at radius 1 is 1.41 bits per heavy atom. The van der Waals surface area contributed by atoms with Crippen molar-refractivity contribution < 1.29 is 14.7 Å². The lowest BCUT2D eigenvalue weighted by molar-refractivity contribution is 0.0614. The maximum atomic E-state index is 8.57. The van der Waals surface area contributed by atoms with E-state index < -0.39 is 0 Å². The van der Waals surface area contributed by atoms with Crippen LogP contribution in [0.3, 0.4) is 0 Å². The summed E-state index contributed by atoms with van der Waals surface area (Å²) in [6.07, 6.45) is 0. The molecule has 0 aromatic heterocycles. The summed E-state index contributed by atoms with van der Waals surface area (Å²) in [5.74, 6) is 0.111. The standard InChI is InChI=1S/C12H18N2O3/c1-9-7-10(12(13)14-15)3-4-11(9)8-17-6-5-16-2/h3-4,7,15H,5-6,8H2,1-2H3,(H2,13,14). The van der Waals surface area contributed by atoms with Crippen LogP contribution in [0.5, 0.6) is 0 Å². The molecule has 1 aromatic carbocycles. The van der Waals surface area contributed by atoms with Crippen LogP contribution in [0.2, 0.25) is 0 Å². The van der Waals surface area contributed by atoms with E-state index in [-0.39, 0.29) is 5.84 Å². The number of amidine groups is 1. The van der Waals surface area contributed by atoms with Crippen molar-refractivity contribution in [3.05, 3.63) is 34.9 Å². The van der Waals surface area contributed by atoms with Crippen LogP contribution in [0.15, 0.2) is 23.4 Å². The Labute approximate surface area is 101 Å². The molecule has 0 aliphatic carbocycles. The summed E-state index contributed by atoms with van der Waals surface area (Å²) in [5.41, 5.74) is 8.33. The van der Waals surface area contributed by atoms with Gasteiger partial charge in [0.15, 0.2) is 5.84 Å². The first-order chi connectivity index (χ1) is 8.19. The van der Waals surface area contributed by atoms with Gasteiger partial charge < -0.3 is 20.4 Å². The van der Waals surface area contributed by atoms with Crippen molar-refractivity contribution in [2.75, 3.05) is 20.3 Å². The number of benzene rings is 1. The highest BCUT2D eigenvalue weighted by Crippen LogP contribution is 2.12. The van der Waals surface area contributed by atoms with Crippen LogP contribution in [-0.2, 0) is 16.1 Å². The van der Waals surface area contributed by atoms with E-state index in [1.54, 1.807) is 13.2 Å². The van der Waals surface area contributed by atoms with Crippen LogP contribution >= 0.6 is 0 Å². The molecule has 94 valence electrons. The lowest BCUT2D eigenvalue weighted by Gasteiger charge is -2.08. The van der Waals surface area contributed by atoms with Crippen molar-refractivity contribution in [3.63, 3.8) is 0 Å². The summed E-state index contributed by atoms with van der Waals surface area (Å²) in [7, 11) is 1.64. The fraction of sp³-hybridized carbons (Fsp3) is 0.417. The molecule has 0 radical (unpaired) electrons. The van der Waals surface area contributed by atoms with Gasteiger partial charge in [-0.05, 0) is 24.1 Å². The second kappa shape index (κ2) is 6.88. The number of oxime groups is 1. The minimum absolute atomic E-state index is 0.111. The molecule has 5 heteroatoms. The highest BCUT2D eigenvalue weighted by Gasteiger charge is 2.03. The molecule has 0 spiro atoms. The predicted molar refractivity (Wildman–Crippen MR) is 65.2 cm³/mol. The van der Waals surface area contributed by atoms with Gasteiger partial charge in [0.05, 0.1) is 19.8 Å². The third kappa shape index (κ3) is 4.05. The Kier molecular flexibility index (Phi) is 5.45. The maximum Gasteiger partial charge on any atom is 0.170 e. The second-order valence-corrected chi connectivity index (χ2v) is 3.67. The lowest BCUT2D eigenvalue weighted by Crippen LogP contribution is -2.13. The zero-order chi connectivity index (χ0) is 12.7. The van der Waals surface area contributed by atoms with Gasteiger partial charge in [-0.2, -0.15) is 0 Å². The SMILES string of the molecule is COCCOCc1ccc(/C(N)=N/O)cc1C. The van der Waals surface area contributed by atoms with Crippen LogP contribution in [0.1, 0.15) is 16.7 Å². The first-order valence-electron chi connectivity index (χ1n) is 5.33. The molecule has 0 saturated heterocycles. The summed E-state index contributed by atoms with van der Waals surface area (Å²) in [6.45, 7) is 3.65. The number of methoxy groups -OCH3 is 1. The van der Waals surface area contributed by atoms with E-state index in [0.29, 0.717) is 25.4 Å². The van der Waals surface area contributed by atoms with Crippen molar-refractivity contribution in [2.24, 2.45) is 10.9 Å². The summed E-state index contributed by atoms with van der Waals surface area (Å²) in [4.78, 5) is 0. The van der Waals surface area contributed by atoms with E-state index in [9.17, 15) is 0 Å². The van der Waals surface area contributed by atoms with Crippen molar-refractivity contribution in [1.82, 2.24) is 0 Å². The highest BCUT2D eigenvalue weighted by molar-refractivity contribution is 5.97. The average molecular weight is 238 g/mol. The predicted octanol–water partition coefficient (Wildman–Crippen LogP) is 1.25. The van der Waals surface area contributed by atoms with Crippen LogP contribution in [-0.4, -0.2) is 31.4 Å². The third-order valence-corrected chi connectivity index (χ3v) is 2.44. The van der Waals surface area contributed by atoms with Gasteiger partial charge in [-0.1, -0.05) is 17.3 Å². The molecule has 17 heavy (non-hydrogen) atoms. The first-order valence-corrected chi connectivity index (χ1v) is 5.33. The van der Waals surface area contributed by atoms with Crippen molar-refractivity contribution in [1.29, 1.82) is 0 Å². The normalized spacial score (nSPS) is 11.8. The molecule has 1 rings (SSSR count). The van der Waals surface area contributed by atoms with E-state index in [1.165, 1.54) is 0 Å². The molecule has 0 unspecified atom stereocenters. The van der Waals surface area contributed by atoms with Gasteiger partial charge in [-0.3, -0.25) is 0 Å². The van der Waals surface area contributed by atoms with Gasteiger partial charge in [0.1, 0.15) is 0 Å². The molecule has 0 bridgehead atoms. The van der Waals surface area contributed by atoms with Gasteiger partial charge in [-0.15, -0.1) is 0 Å². The molecule has 0 aliphatic heterocycles. The largest absolute Gasteiger partial charge is 0.409 e. The molecule has 1 aromatic rings. The molecule has 3 N–H and O–H groups in total. The molecule has 0 fully saturated rings. The summed E-state index contributed by atoms with van der Waals surface area (Å²) < 4.78 is 10.3. The molecule has 0 aliphatic rings. The fourth-order valence-corrected chi connectivity index (χ4v) is 1.40. The van der Waals surface area contributed by atoms with E-state index in [2.05, 4.69) is 5.16 Å². The topological polar surface area (TPSA) is 77.1 Å². The van der Waals surface area contributed by atoms with E-state index in [0.717, 1.165) is 11.1 Å². The number of nitrogens with zero attached hydrogens (tertiary/aromatic N) is 1. The summed E-state index contributed by atoms with van der Waals surface area (Å²) >= 11 is 0. The van der Waals surface area contributed by atoms with E-state index in [4.69, 9.17) is 20.4 Å². The number of rotatable bonds is 6. The van der Waals surface area contributed by atoms with Crippen molar-refractivity contribution in [3.8, 4) is 0 Å². The molecule has 0 atom stereocenters. The Morgan fingerprint density at radius 2 is 2.18 bits per heavy atom. The molecule has 0 heterocycles. The van der Waals surface area contributed by atoms with Crippen molar-refractivity contribution in [2.45, 2.75) is 13.5 Å². The first kappa shape index (κ1) is 13.5. The Hall–Kier alpha value is -1.59. The summed E-state index contributed by atoms with van der Waals surface area (Å²) in [6, 6.07) is 5.58. The number of ether oxygens (including phenoxy) is 2. The third-order valence-electron chi connectivity index (χ3n) is 2.44. The fourth-order valence-electron chi connectivity index (χ4n) is 1.40.